The van der Waals surface area contributed by atoms with Crippen LogP contribution in [0.3, 0.4) is 0 Å². The van der Waals surface area contributed by atoms with Gasteiger partial charge in [-0.05, 0) is 6.42 Å². The van der Waals surface area contributed by atoms with Crippen LogP contribution in [0.25, 0.3) is 0 Å². The van der Waals surface area contributed by atoms with Crippen molar-refractivity contribution in [2.45, 2.75) is 45.4 Å². The molecule has 1 amide bonds. The minimum absolute atomic E-state index is 0.293. The van der Waals surface area contributed by atoms with Crippen LogP contribution in [0.1, 0.15) is 45.4 Å². The Balaban J connectivity index is 3.32. The fraction of sp³-hybridized carbons (Fsp3) is 0.800. The molecular weight excluding hydrogens is 166 g/mol. The van der Waals surface area contributed by atoms with E-state index in [1.807, 2.05) is 0 Å². The third kappa shape index (κ3) is 6.31. The average Bonchev–Trinajstić information content (AvgIpc) is 2.16. The number of carbonyl (C=O) groups is 2. The SMILES string of the molecule is CCCCCCCC(=O)C(=O)NC. The Morgan fingerprint density at radius 2 is 1.69 bits per heavy atom. The Bertz CT molecular complexity index is 166. The van der Waals surface area contributed by atoms with Crippen LogP contribution in [0, 0.1) is 0 Å². The van der Waals surface area contributed by atoms with Gasteiger partial charge in [-0.1, -0.05) is 32.6 Å². The molecule has 0 aliphatic carbocycles. The summed E-state index contributed by atoms with van der Waals surface area (Å²) < 4.78 is 0. The van der Waals surface area contributed by atoms with Crippen molar-refractivity contribution in [3.8, 4) is 0 Å². The fourth-order valence-electron chi connectivity index (χ4n) is 1.14. The smallest absolute Gasteiger partial charge is 0.287 e. The van der Waals surface area contributed by atoms with Crippen molar-refractivity contribution in [3.63, 3.8) is 0 Å². The highest BCUT2D eigenvalue weighted by molar-refractivity contribution is 6.36. The van der Waals surface area contributed by atoms with Crippen LogP contribution >= 0.6 is 0 Å². The van der Waals surface area contributed by atoms with E-state index in [-0.39, 0.29) is 5.78 Å². The minimum atomic E-state index is -0.463. The molecule has 3 nitrogen and oxygen atoms in total. The van der Waals surface area contributed by atoms with Crippen LogP contribution in [-0.2, 0) is 9.59 Å². The number of hydrogen-bond donors (Lipinski definition) is 1. The largest absolute Gasteiger partial charge is 0.353 e. The fourth-order valence-corrected chi connectivity index (χ4v) is 1.14. The van der Waals surface area contributed by atoms with Crippen LogP contribution < -0.4 is 5.32 Å². The molecule has 0 radical (unpaired) electrons. The van der Waals surface area contributed by atoms with Crippen molar-refractivity contribution >= 4 is 11.7 Å². The number of nitrogens with one attached hydrogen (secondary N) is 1. The third-order valence-corrected chi connectivity index (χ3v) is 1.99. The van der Waals surface area contributed by atoms with Crippen molar-refractivity contribution in [2.75, 3.05) is 7.05 Å². The van der Waals surface area contributed by atoms with Gasteiger partial charge in [0.05, 0.1) is 0 Å². The molecule has 1 N–H and O–H groups in total. The van der Waals surface area contributed by atoms with E-state index >= 15 is 0 Å². The van der Waals surface area contributed by atoms with Crippen LogP contribution in [0.5, 0.6) is 0 Å². The lowest BCUT2D eigenvalue weighted by Crippen LogP contribution is -2.27. The van der Waals surface area contributed by atoms with E-state index in [0.29, 0.717) is 6.42 Å². The van der Waals surface area contributed by atoms with E-state index in [0.717, 1.165) is 19.3 Å². The lowest BCUT2D eigenvalue weighted by molar-refractivity contribution is -0.137. The molecule has 0 atom stereocenters. The molecular formula is C10H19NO2. The predicted molar refractivity (Wildman–Crippen MR) is 52.4 cm³/mol. The molecule has 3 heteroatoms. The second-order valence-electron chi connectivity index (χ2n) is 3.17. The van der Waals surface area contributed by atoms with Crippen molar-refractivity contribution in [1.29, 1.82) is 0 Å². The molecule has 0 aromatic heterocycles. The van der Waals surface area contributed by atoms with E-state index < -0.39 is 5.91 Å². The monoisotopic (exact) mass is 185 g/mol. The Morgan fingerprint density at radius 3 is 2.23 bits per heavy atom. The van der Waals surface area contributed by atoms with Gasteiger partial charge in [-0.2, -0.15) is 0 Å². The number of carbonyl (C=O) groups excluding carboxylic acids is 2. The van der Waals surface area contributed by atoms with Gasteiger partial charge >= 0.3 is 0 Å². The van der Waals surface area contributed by atoms with Crippen molar-refractivity contribution < 1.29 is 9.59 Å². The van der Waals surface area contributed by atoms with Gasteiger partial charge in [0.1, 0.15) is 0 Å². The summed E-state index contributed by atoms with van der Waals surface area (Å²) >= 11 is 0. The second-order valence-corrected chi connectivity index (χ2v) is 3.17. The molecule has 0 aliphatic rings. The van der Waals surface area contributed by atoms with Gasteiger partial charge in [-0.3, -0.25) is 9.59 Å². The molecule has 0 bridgehead atoms. The first-order chi connectivity index (χ1) is 6.22. The number of Topliss-reactive ketones (excluding diaryl/α,β-unsaturated/α-hetero) is 1. The number of amides is 1. The zero-order chi connectivity index (χ0) is 10.1. The van der Waals surface area contributed by atoms with Gasteiger partial charge in [0.15, 0.2) is 0 Å². The van der Waals surface area contributed by atoms with Crippen LogP contribution in [-0.4, -0.2) is 18.7 Å². The first kappa shape index (κ1) is 12.1. The van der Waals surface area contributed by atoms with E-state index in [2.05, 4.69) is 12.2 Å². The molecule has 0 heterocycles. The lowest BCUT2D eigenvalue weighted by atomic mass is 10.1. The van der Waals surface area contributed by atoms with Gasteiger partial charge < -0.3 is 5.32 Å². The molecule has 0 saturated heterocycles. The Kier molecular flexibility index (Phi) is 7.26. The van der Waals surface area contributed by atoms with Gasteiger partial charge in [0, 0.05) is 13.5 Å². The maximum absolute atomic E-state index is 11.0. The summed E-state index contributed by atoms with van der Waals surface area (Å²) in [4.78, 5) is 21.8. The Hall–Kier alpha value is -0.860. The van der Waals surface area contributed by atoms with Gasteiger partial charge in [-0.25, -0.2) is 0 Å². The predicted octanol–water partition coefficient (Wildman–Crippen LogP) is 1.66. The standard InChI is InChI=1S/C10H19NO2/c1-3-4-5-6-7-8-9(12)10(13)11-2/h3-8H2,1-2H3,(H,11,13). The van der Waals surface area contributed by atoms with E-state index in [1.165, 1.54) is 19.9 Å². The molecule has 13 heavy (non-hydrogen) atoms. The van der Waals surface area contributed by atoms with Crippen LogP contribution in [0.4, 0.5) is 0 Å². The summed E-state index contributed by atoms with van der Waals surface area (Å²) in [6, 6.07) is 0. The summed E-state index contributed by atoms with van der Waals surface area (Å²) in [5.74, 6) is -0.755. The molecule has 0 aromatic rings. The average molecular weight is 185 g/mol. The van der Waals surface area contributed by atoms with E-state index in [9.17, 15) is 9.59 Å². The summed E-state index contributed by atoms with van der Waals surface area (Å²) in [6.07, 6.45) is 5.86. The summed E-state index contributed by atoms with van der Waals surface area (Å²) in [7, 11) is 1.48. The van der Waals surface area contributed by atoms with E-state index in [1.54, 1.807) is 0 Å². The summed E-state index contributed by atoms with van der Waals surface area (Å²) in [5, 5.41) is 2.33. The Morgan fingerprint density at radius 1 is 1.08 bits per heavy atom. The van der Waals surface area contributed by atoms with E-state index in [4.69, 9.17) is 0 Å². The molecule has 0 fully saturated rings. The lowest BCUT2D eigenvalue weighted by Gasteiger charge is -1.99. The van der Waals surface area contributed by atoms with Gasteiger partial charge in [0.2, 0.25) is 5.78 Å². The zero-order valence-electron chi connectivity index (χ0n) is 8.56. The molecule has 0 spiro atoms. The summed E-state index contributed by atoms with van der Waals surface area (Å²) in [5.41, 5.74) is 0. The molecule has 0 saturated carbocycles. The van der Waals surface area contributed by atoms with Crippen LogP contribution in [0.2, 0.25) is 0 Å². The number of ketones is 1. The first-order valence-corrected chi connectivity index (χ1v) is 4.97. The zero-order valence-corrected chi connectivity index (χ0v) is 8.56. The maximum Gasteiger partial charge on any atom is 0.287 e. The number of hydrogen-bond acceptors (Lipinski definition) is 2. The molecule has 0 unspecified atom stereocenters. The highest BCUT2D eigenvalue weighted by Gasteiger charge is 2.09. The molecule has 76 valence electrons. The molecule has 0 aromatic carbocycles. The highest BCUT2D eigenvalue weighted by atomic mass is 16.2. The molecule has 0 rings (SSSR count). The van der Waals surface area contributed by atoms with Gasteiger partial charge in [0.25, 0.3) is 5.91 Å². The second kappa shape index (κ2) is 7.77. The molecule has 0 aliphatic heterocycles. The Labute approximate surface area is 79.9 Å². The number of likely N-dealkylation sites (N-methyl/N-ethyl adjacent to an activating group) is 1. The first-order valence-electron chi connectivity index (χ1n) is 4.97. The third-order valence-electron chi connectivity index (χ3n) is 1.99. The van der Waals surface area contributed by atoms with Crippen molar-refractivity contribution in [1.82, 2.24) is 5.32 Å². The number of rotatable bonds is 7. The van der Waals surface area contributed by atoms with Gasteiger partial charge in [-0.15, -0.1) is 0 Å². The quantitative estimate of drug-likeness (QED) is 0.484. The van der Waals surface area contributed by atoms with Crippen molar-refractivity contribution in [3.05, 3.63) is 0 Å². The van der Waals surface area contributed by atoms with Crippen LogP contribution in [0.15, 0.2) is 0 Å². The number of unbranched alkanes of at least 4 members (excludes halogenated alkanes) is 4. The highest BCUT2D eigenvalue weighted by Crippen LogP contribution is 2.05. The normalized spacial score (nSPS) is 9.69. The maximum atomic E-state index is 11.0. The summed E-state index contributed by atoms with van der Waals surface area (Å²) in [6.45, 7) is 2.15. The van der Waals surface area contributed by atoms with Crippen molar-refractivity contribution in [2.24, 2.45) is 0 Å². The topological polar surface area (TPSA) is 46.2 Å². The minimum Gasteiger partial charge on any atom is -0.353 e.